The topological polar surface area (TPSA) is 72.8 Å². The van der Waals surface area contributed by atoms with Crippen LogP contribution in [0, 0.1) is 11.3 Å². The normalized spacial score (nSPS) is 24.8. The summed E-state index contributed by atoms with van der Waals surface area (Å²) in [7, 11) is -0.990. The van der Waals surface area contributed by atoms with Gasteiger partial charge in [0.1, 0.15) is 5.41 Å². The number of hydrogen-bond acceptors (Lipinski definition) is 5. The monoisotopic (exact) mass is 474 g/mol. The van der Waals surface area contributed by atoms with Gasteiger partial charge in [-0.2, -0.15) is 0 Å². The van der Waals surface area contributed by atoms with Crippen LogP contribution in [0.3, 0.4) is 0 Å². The van der Waals surface area contributed by atoms with Gasteiger partial charge in [0.05, 0.1) is 7.11 Å². The number of rotatable bonds is 4. The van der Waals surface area contributed by atoms with Crippen molar-refractivity contribution >= 4 is 20.1 Å². The molecule has 1 aromatic rings. The molecule has 1 N–H and O–H groups in total. The smallest absolute Gasteiger partial charge is 0.316 e. The van der Waals surface area contributed by atoms with Crippen LogP contribution in [0.1, 0.15) is 102 Å². The van der Waals surface area contributed by atoms with E-state index in [1.54, 1.807) is 6.07 Å². The molecule has 0 heterocycles. The van der Waals surface area contributed by atoms with Gasteiger partial charge in [0, 0.05) is 23.1 Å². The number of esters is 1. The van der Waals surface area contributed by atoms with Crippen LogP contribution >= 0.6 is 0 Å². The fourth-order valence-electron chi connectivity index (χ4n) is 5.69. The van der Waals surface area contributed by atoms with Crippen molar-refractivity contribution in [3.63, 3.8) is 0 Å². The predicted molar refractivity (Wildman–Crippen MR) is 134 cm³/mol. The van der Waals surface area contributed by atoms with Crippen molar-refractivity contribution in [3.05, 3.63) is 22.8 Å². The highest BCUT2D eigenvalue weighted by Gasteiger charge is 2.61. The number of hydrogen-bond donors (Lipinski definition) is 1. The highest BCUT2D eigenvalue weighted by molar-refractivity contribution is 6.74. The van der Waals surface area contributed by atoms with E-state index in [2.05, 4.69) is 47.7 Å². The number of carbonyl (C=O) groups excluding carboxylic acids is 2. The van der Waals surface area contributed by atoms with Gasteiger partial charge in [-0.15, -0.1) is 0 Å². The molecular weight excluding hydrogens is 432 g/mol. The molecule has 5 nitrogen and oxygen atoms in total. The molecule has 0 radical (unpaired) electrons. The van der Waals surface area contributed by atoms with Gasteiger partial charge in [-0.3, -0.25) is 9.59 Å². The summed E-state index contributed by atoms with van der Waals surface area (Å²) in [6.07, 6.45) is 2.67. The molecule has 3 rings (SSSR count). The summed E-state index contributed by atoms with van der Waals surface area (Å²) in [4.78, 5) is 27.3. The van der Waals surface area contributed by atoms with Gasteiger partial charge >= 0.3 is 5.97 Å². The molecule has 33 heavy (non-hydrogen) atoms. The van der Waals surface area contributed by atoms with E-state index < -0.39 is 13.7 Å². The second kappa shape index (κ2) is 8.14. The third kappa shape index (κ3) is 3.92. The van der Waals surface area contributed by atoms with Crippen molar-refractivity contribution in [1.29, 1.82) is 0 Å². The molecule has 2 atom stereocenters. The van der Waals surface area contributed by atoms with Gasteiger partial charge in [-0.05, 0) is 54.3 Å². The summed E-state index contributed by atoms with van der Waals surface area (Å²) in [5.74, 6) is -0.119. The number of methoxy groups -OCH3 is 1. The second-order valence-corrected chi connectivity index (χ2v) is 17.3. The number of phenolic OH excluding ortho intramolecular Hbond substituents is 1. The Morgan fingerprint density at radius 3 is 2.33 bits per heavy atom. The predicted octanol–water partition coefficient (Wildman–Crippen LogP) is 6.72. The Labute approximate surface area is 200 Å². The molecule has 2 aliphatic rings. The van der Waals surface area contributed by atoms with E-state index in [0.29, 0.717) is 35.3 Å². The largest absolute Gasteiger partial charge is 0.541 e. The van der Waals surface area contributed by atoms with Crippen LogP contribution in [0.5, 0.6) is 11.5 Å². The minimum atomic E-state index is -2.41. The van der Waals surface area contributed by atoms with Gasteiger partial charge in [-0.25, -0.2) is 0 Å². The molecule has 2 aliphatic carbocycles. The molecule has 6 heteroatoms. The molecule has 1 saturated carbocycles. The van der Waals surface area contributed by atoms with Crippen LogP contribution in [0.15, 0.2) is 6.07 Å². The van der Waals surface area contributed by atoms with E-state index in [1.807, 2.05) is 13.8 Å². The first-order chi connectivity index (χ1) is 15.0. The van der Waals surface area contributed by atoms with Crippen molar-refractivity contribution in [2.45, 2.75) is 104 Å². The fraction of sp³-hybridized carbons (Fsp3) is 0.704. The van der Waals surface area contributed by atoms with Crippen molar-refractivity contribution in [1.82, 2.24) is 0 Å². The first-order valence-electron chi connectivity index (χ1n) is 12.2. The summed E-state index contributed by atoms with van der Waals surface area (Å²) >= 11 is 0. The number of fused-ring (bicyclic) bond motifs is 3. The maximum absolute atomic E-state index is 13.7. The molecule has 0 aliphatic heterocycles. The Morgan fingerprint density at radius 2 is 1.82 bits per heavy atom. The van der Waals surface area contributed by atoms with Gasteiger partial charge in [0.15, 0.2) is 17.3 Å². The zero-order chi connectivity index (χ0) is 25.1. The maximum Gasteiger partial charge on any atom is 0.316 e. The Kier molecular flexibility index (Phi) is 6.36. The van der Waals surface area contributed by atoms with Crippen LogP contribution in [0.4, 0.5) is 0 Å². The molecular formula is C27H42O5Si. The minimum absolute atomic E-state index is 0.000498. The van der Waals surface area contributed by atoms with E-state index in [1.165, 1.54) is 7.11 Å². The van der Waals surface area contributed by atoms with Crippen LogP contribution in [0.2, 0.25) is 18.1 Å². The first-order valence-corrected chi connectivity index (χ1v) is 15.1. The van der Waals surface area contributed by atoms with E-state index >= 15 is 0 Å². The third-order valence-electron chi connectivity index (χ3n) is 8.69. The highest BCUT2D eigenvalue weighted by atomic mass is 28.4. The number of carbonyl (C=O) groups is 2. The van der Waals surface area contributed by atoms with Crippen LogP contribution in [-0.4, -0.2) is 32.3 Å². The van der Waals surface area contributed by atoms with Crippen molar-refractivity contribution < 1.29 is 23.9 Å². The lowest BCUT2D eigenvalue weighted by atomic mass is 9.49. The molecule has 184 valence electrons. The Morgan fingerprint density at radius 1 is 1.21 bits per heavy atom. The molecule has 0 aromatic heterocycles. The Hall–Kier alpha value is -1.82. The lowest BCUT2D eigenvalue weighted by Gasteiger charge is -2.54. The lowest BCUT2D eigenvalue weighted by molar-refractivity contribution is -0.155. The summed E-state index contributed by atoms with van der Waals surface area (Å²) < 4.78 is 12.2. The Bertz CT molecular complexity index is 970. The average molecular weight is 475 g/mol. The number of benzene rings is 1. The quantitative estimate of drug-likeness (QED) is 0.387. The van der Waals surface area contributed by atoms with Gasteiger partial charge in [0.2, 0.25) is 0 Å². The van der Waals surface area contributed by atoms with E-state index in [0.717, 1.165) is 12.8 Å². The van der Waals surface area contributed by atoms with Crippen LogP contribution in [0.25, 0.3) is 0 Å². The molecule has 0 unspecified atom stereocenters. The number of phenols is 1. The van der Waals surface area contributed by atoms with Gasteiger partial charge in [0.25, 0.3) is 8.32 Å². The van der Waals surface area contributed by atoms with Crippen molar-refractivity contribution in [3.8, 4) is 11.5 Å². The highest BCUT2D eigenvalue weighted by Crippen LogP contribution is 2.62. The Balaban J connectivity index is 2.46. The molecule has 0 bridgehead atoms. The van der Waals surface area contributed by atoms with Crippen molar-refractivity contribution in [2.75, 3.05) is 7.11 Å². The van der Waals surface area contributed by atoms with E-state index in [4.69, 9.17) is 9.16 Å². The average Bonchev–Trinajstić information content (AvgIpc) is 2.68. The zero-order valence-corrected chi connectivity index (χ0v) is 23.1. The summed E-state index contributed by atoms with van der Waals surface area (Å²) in [6.45, 7) is 18.9. The van der Waals surface area contributed by atoms with Crippen molar-refractivity contribution in [2.24, 2.45) is 11.3 Å². The summed E-state index contributed by atoms with van der Waals surface area (Å²) in [6, 6.07) is 1.80. The summed E-state index contributed by atoms with van der Waals surface area (Å²) in [5, 5.41) is 11.4. The molecule has 0 amide bonds. The first kappa shape index (κ1) is 25.8. The maximum atomic E-state index is 13.7. The molecule has 0 saturated heterocycles. The lowest BCUT2D eigenvalue weighted by Crippen LogP contribution is -2.56. The van der Waals surface area contributed by atoms with Gasteiger partial charge in [-0.1, -0.05) is 54.9 Å². The number of Topliss-reactive ketones (excluding diaryl/α,β-unsaturated/α-hetero) is 1. The number of ether oxygens (including phenoxy) is 1. The number of aromatic hydroxyl groups is 1. The second-order valence-electron chi connectivity index (χ2n) is 12.6. The standard InChI is InChI=1S/C27H42O5Si/c1-16(2)17-14-18-19(28)15-20-26(6,7)12-11-13-27(20,24(30)31-8)21(18)23(22(17)29)32-33(9,10)25(3,4)5/h14,16,20,29H,11-13,15H2,1-10H3/t20-,27+/m0/s1. The third-order valence-corrected chi connectivity index (χ3v) is 13.0. The number of ketones is 1. The van der Waals surface area contributed by atoms with Crippen LogP contribution in [-0.2, 0) is 14.9 Å². The summed E-state index contributed by atoms with van der Waals surface area (Å²) in [5.41, 5.74) is 0.536. The van der Waals surface area contributed by atoms with E-state index in [9.17, 15) is 14.7 Å². The van der Waals surface area contributed by atoms with Gasteiger partial charge < -0.3 is 14.3 Å². The van der Waals surface area contributed by atoms with Crippen LogP contribution < -0.4 is 4.43 Å². The molecule has 1 fully saturated rings. The minimum Gasteiger partial charge on any atom is -0.541 e. The fourth-order valence-corrected chi connectivity index (χ4v) is 6.71. The zero-order valence-electron chi connectivity index (χ0n) is 22.1. The molecule has 1 aromatic carbocycles. The van der Waals surface area contributed by atoms with E-state index in [-0.39, 0.29) is 39.8 Å². The molecule has 0 spiro atoms. The SMILES string of the molecule is COC(=O)[C@]12CCCC(C)(C)[C@@H]1CC(=O)c1cc(C(C)C)c(O)c(O[Si](C)(C)C(C)(C)C)c12.